The number of rotatable bonds is 6. The highest BCUT2D eigenvalue weighted by molar-refractivity contribution is 6.54. The Morgan fingerprint density at radius 2 is 1.88 bits per heavy atom. The van der Waals surface area contributed by atoms with E-state index in [-0.39, 0.29) is 19.1 Å². The smallest absolute Gasteiger partial charge is 0.475 e. The molecule has 0 bridgehead atoms. The lowest BCUT2D eigenvalue weighted by molar-refractivity contribution is -0.158. The van der Waals surface area contributed by atoms with E-state index in [1.54, 1.807) is 6.92 Å². The van der Waals surface area contributed by atoms with Gasteiger partial charge in [0.1, 0.15) is 17.7 Å². The van der Waals surface area contributed by atoms with Gasteiger partial charge in [-0.2, -0.15) is 13.2 Å². The molecule has 0 amide bonds. The van der Waals surface area contributed by atoms with Crippen LogP contribution in [-0.4, -0.2) is 47.3 Å². The number of aryl methyl sites for hydroxylation is 1. The molecule has 0 spiro atoms. The Bertz CT molecular complexity index is 880. The van der Waals surface area contributed by atoms with Gasteiger partial charge in [-0.3, -0.25) is 9.48 Å². The molecule has 0 N–H and O–H groups in total. The number of carbonyl (C=O) groups is 1. The molecule has 7 nitrogen and oxygen atoms in total. The highest BCUT2D eigenvalue weighted by atomic mass is 19.4. The minimum absolute atomic E-state index is 0.146. The maximum absolute atomic E-state index is 13.0. The number of carbonyl (C=O) groups excluding carboxylic acids is 1. The molecule has 2 heterocycles. The van der Waals surface area contributed by atoms with Crippen molar-refractivity contribution < 1.29 is 36.7 Å². The summed E-state index contributed by atoms with van der Waals surface area (Å²) in [6, 6.07) is 0.827. The van der Waals surface area contributed by atoms with Crippen LogP contribution >= 0.6 is 0 Å². The van der Waals surface area contributed by atoms with E-state index in [1.807, 2.05) is 33.8 Å². The molecule has 2 aliphatic rings. The maximum atomic E-state index is 13.0. The molecular formula is C21H30BF3N2O5. The Morgan fingerprint density at radius 1 is 1.25 bits per heavy atom. The van der Waals surface area contributed by atoms with E-state index in [0.717, 1.165) is 11.5 Å². The average Bonchev–Trinajstić information content (AvgIpc) is 3.16. The second-order valence-corrected chi connectivity index (χ2v) is 9.35. The molecule has 1 saturated heterocycles. The lowest BCUT2D eigenvalue weighted by atomic mass is 9.66. The second kappa shape index (κ2) is 8.41. The molecule has 1 aromatic heterocycles. The Hall–Kier alpha value is -2.01. The lowest BCUT2D eigenvalue weighted by Crippen LogP contribution is -2.41. The second-order valence-electron chi connectivity index (χ2n) is 9.35. The Labute approximate surface area is 186 Å². The standard InChI is InChI=1S/C21H30BF3N2O5/c1-7-29-17(28)20(13-30-16-12-15(21(23,24)25)27(6)26-16)10-8-14(9-11-20)22-31-18(2,3)19(4,5)32-22/h8,12H,7,9-11,13H2,1-6H3. The highest BCUT2D eigenvalue weighted by Crippen LogP contribution is 2.43. The van der Waals surface area contributed by atoms with Gasteiger partial charge in [0, 0.05) is 13.1 Å². The third-order valence-electron chi connectivity index (χ3n) is 6.56. The van der Waals surface area contributed by atoms with Gasteiger partial charge in [0.25, 0.3) is 0 Å². The lowest BCUT2D eigenvalue weighted by Gasteiger charge is -2.34. The maximum Gasteiger partial charge on any atom is 0.490 e. The summed E-state index contributed by atoms with van der Waals surface area (Å²) in [5.41, 5.74) is -1.98. The number of allylic oxidation sites excluding steroid dienone is 2. The third kappa shape index (κ3) is 4.68. The molecule has 1 aromatic rings. The van der Waals surface area contributed by atoms with Crippen LogP contribution in [-0.2, 0) is 32.1 Å². The van der Waals surface area contributed by atoms with Gasteiger partial charge in [-0.05, 0) is 59.4 Å². The number of ether oxygens (including phenoxy) is 2. The van der Waals surface area contributed by atoms with E-state index in [4.69, 9.17) is 18.8 Å². The van der Waals surface area contributed by atoms with Gasteiger partial charge in [-0.25, -0.2) is 0 Å². The molecule has 1 fully saturated rings. The fourth-order valence-corrected chi connectivity index (χ4v) is 3.77. The van der Waals surface area contributed by atoms with Crippen LogP contribution in [0.4, 0.5) is 13.2 Å². The molecule has 0 saturated carbocycles. The first-order valence-electron chi connectivity index (χ1n) is 10.7. The van der Waals surface area contributed by atoms with E-state index in [0.29, 0.717) is 23.9 Å². The SMILES string of the molecule is CCOC(=O)C1(COc2cc(C(F)(F)F)n(C)n2)CC=C(B2OC(C)(C)C(C)(C)O2)CC1. The van der Waals surface area contributed by atoms with E-state index >= 15 is 0 Å². The van der Waals surface area contributed by atoms with Crippen LogP contribution in [0.15, 0.2) is 17.6 Å². The van der Waals surface area contributed by atoms with Crippen molar-refractivity contribution in [2.75, 3.05) is 13.2 Å². The minimum atomic E-state index is -4.55. The molecule has 32 heavy (non-hydrogen) atoms. The fourth-order valence-electron chi connectivity index (χ4n) is 3.77. The predicted octanol–water partition coefficient (Wildman–Crippen LogP) is 4.11. The summed E-state index contributed by atoms with van der Waals surface area (Å²) in [6.45, 7) is 9.62. The molecule has 1 aliphatic heterocycles. The highest BCUT2D eigenvalue weighted by Gasteiger charge is 2.53. The third-order valence-corrected chi connectivity index (χ3v) is 6.56. The summed E-state index contributed by atoms with van der Waals surface area (Å²) >= 11 is 0. The molecule has 178 valence electrons. The van der Waals surface area contributed by atoms with E-state index < -0.39 is 41.6 Å². The zero-order chi connectivity index (χ0) is 23.9. The molecule has 3 rings (SSSR count). The van der Waals surface area contributed by atoms with Crippen LogP contribution in [0.2, 0.25) is 0 Å². The van der Waals surface area contributed by atoms with Crippen molar-refractivity contribution in [1.29, 1.82) is 0 Å². The summed E-state index contributed by atoms with van der Waals surface area (Å²) in [5.74, 6) is -0.638. The van der Waals surface area contributed by atoms with E-state index in [9.17, 15) is 18.0 Å². The van der Waals surface area contributed by atoms with Crippen LogP contribution in [0, 0.1) is 5.41 Å². The Morgan fingerprint density at radius 3 is 2.34 bits per heavy atom. The summed E-state index contributed by atoms with van der Waals surface area (Å²) in [4.78, 5) is 12.8. The first-order chi connectivity index (χ1) is 14.7. The Balaban J connectivity index is 1.76. The van der Waals surface area contributed by atoms with Gasteiger partial charge >= 0.3 is 19.3 Å². The summed E-state index contributed by atoms with van der Waals surface area (Å²) in [5, 5.41) is 3.77. The van der Waals surface area contributed by atoms with Crippen molar-refractivity contribution in [2.45, 2.75) is 71.3 Å². The van der Waals surface area contributed by atoms with Crippen molar-refractivity contribution in [2.24, 2.45) is 12.5 Å². The molecule has 1 atom stereocenters. The number of hydrogen-bond acceptors (Lipinski definition) is 6. The summed E-state index contributed by atoms with van der Waals surface area (Å²) in [7, 11) is 0.683. The Kier molecular flexibility index (Phi) is 6.47. The van der Waals surface area contributed by atoms with E-state index in [2.05, 4.69) is 5.10 Å². The number of nitrogens with zero attached hydrogens (tertiary/aromatic N) is 2. The van der Waals surface area contributed by atoms with Crippen molar-refractivity contribution in [3.63, 3.8) is 0 Å². The fraction of sp³-hybridized carbons (Fsp3) is 0.714. The molecule has 1 aliphatic carbocycles. The summed E-state index contributed by atoms with van der Waals surface area (Å²) in [6.07, 6.45) is -1.46. The number of halogens is 3. The van der Waals surface area contributed by atoms with Gasteiger partial charge in [0.15, 0.2) is 0 Å². The first kappa shape index (κ1) is 24.6. The van der Waals surface area contributed by atoms with Crippen LogP contribution in [0.25, 0.3) is 0 Å². The molecule has 0 aromatic carbocycles. The van der Waals surface area contributed by atoms with Crippen LogP contribution < -0.4 is 4.74 Å². The molecular weight excluding hydrogens is 428 g/mol. The molecule has 1 unspecified atom stereocenters. The van der Waals surface area contributed by atoms with Gasteiger partial charge in [0.2, 0.25) is 5.88 Å². The van der Waals surface area contributed by atoms with Gasteiger partial charge in [-0.15, -0.1) is 5.10 Å². The number of aromatic nitrogens is 2. The predicted molar refractivity (Wildman–Crippen MR) is 111 cm³/mol. The number of alkyl halides is 3. The molecule has 11 heteroatoms. The minimum Gasteiger partial charge on any atom is -0.475 e. The average molecular weight is 458 g/mol. The van der Waals surface area contributed by atoms with Gasteiger partial charge in [-0.1, -0.05) is 6.08 Å². The zero-order valence-corrected chi connectivity index (χ0v) is 19.3. The first-order valence-corrected chi connectivity index (χ1v) is 10.7. The van der Waals surface area contributed by atoms with Crippen LogP contribution in [0.5, 0.6) is 5.88 Å². The van der Waals surface area contributed by atoms with Crippen molar-refractivity contribution in [3.8, 4) is 5.88 Å². The van der Waals surface area contributed by atoms with Crippen LogP contribution in [0.3, 0.4) is 0 Å². The quantitative estimate of drug-likeness (QED) is 0.472. The van der Waals surface area contributed by atoms with Crippen LogP contribution in [0.1, 0.15) is 59.6 Å². The summed E-state index contributed by atoms with van der Waals surface area (Å²) < 4.78 is 62.9. The number of esters is 1. The van der Waals surface area contributed by atoms with Crippen molar-refractivity contribution in [3.05, 3.63) is 23.3 Å². The van der Waals surface area contributed by atoms with Crippen molar-refractivity contribution in [1.82, 2.24) is 9.78 Å². The van der Waals surface area contributed by atoms with Gasteiger partial charge < -0.3 is 18.8 Å². The monoisotopic (exact) mass is 458 g/mol. The topological polar surface area (TPSA) is 71.8 Å². The number of hydrogen-bond donors (Lipinski definition) is 0. The molecule has 0 radical (unpaired) electrons. The van der Waals surface area contributed by atoms with Gasteiger partial charge in [0.05, 0.1) is 17.8 Å². The van der Waals surface area contributed by atoms with Crippen molar-refractivity contribution >= 4 is 13.1 Å². The normalized spacial score (nSPS) is 24.9. The largest absolute Gasteiger partial charge is 0.490 e. The zero-order valence-electron chi connectivity index (χ0n) is 19.3. The van der Waals surface area contributed by atoms with E-state index in [1.165, 1.54) is 7.05 Å².